The van der Waals surface area contributed by atoms with Gasteiger partial charge in [-0.05, 0) is 32.4 Å². The molecular formula is C22H26ClNO5. The summed E-state index contributed by atoms with van der Waals surface area (Å²) in [6, 6.07) is 10.7. The first kappa shape index (κ1) is 24.2. The first-order valence-electron chi connectivity index (χ1n) is 9.32. The summed E-state index contributed by atoms with van der Waals surface area (Å²) in [4.78, 5) is 27.9. The molecule has 1 aromatic carbocycles. The van der Waals surface area contributed by atoms with E-state index in [0.717, 1.165) is 0 Å². The Hall–Kier alpha value is -2.86. The average molecular weight is 420 g/mol. The summed E-state index contributed by atoms with van der Waals surface area (Å²) >= 11 is 0. The van der Waals surface area contributed by atoms with Crippen LogP contribution in [0.15, 0.2) is 48.7 Å². The van der Waals surface area contributed by atoms with E-state index in [9.17, 15) is 9.59 Å². The van der Waals surface area contributed by atoms with Crippen LogP contribution < -0.4 is 9.47 Å². The predicted molar refractivity (Wildman–Crippen MR) is 114 cm³/mol. The highest BCUT2D eigenvalue weighted by Gasteiger charge is 2.09. The molecule has 0 aliphatic rings. The summed E-state index contributed by atoms with van der Waals surface area (Å²) in [7, 11) is 0. The van der Waals surface area contributed by atoms with Crippen molar-refractivity contribution in [1.29, 1.82) is 0 Å². The molecule has 29 heavy (non-hydrogen) atoms. The van der Waals surface area contributed by atoms with Gasteiger partial charge in [-0.25, -0.2) is 0 Å². The number of benzene rings is 1. The third-order valence-corrected chi connectivity index (χ3v) is 3.70. The zero-order valence-electron chi connectivity index (χ0n) is 16.6. The van der Waals surface area contributed by atoms with Gasteiger partial charge in [0.15, 0.2) is 17.3 Å². The zero-order valence-corrected chi connectivity index (χ0v) is 17.4. The van der Waals surface area contributed by atoms with Crippen LogP contribution in [0.25, 0.3) is 6.08 Å². The first-order valence-corrected chi connectivity index (χ1v) is 9.32. The van der Waals surface area contributed by atoms with E-state index < -0.39 is 0 Å². The highest BCUT2D eigenvalue weighted by Crippen LogP contribution is 2.27. The largest absolute Gasteiger partial charge is 0.490 e. The summed E-state index contributed by atoms with van der Waals surface area (Å²) in [5, 5.41) is 0. The second-order valence-corrected chi connectivity index (χ2v) is 5.81. The molecule has 156 valence electrons. The van der Waals surface area contributed by atoms with Gasteiger partial charge >= 0.3 is 5.97 Å². The van der Waals surface area contributed by atoms with Gasteiger partial charge in [-0.3, -0.25) is 14.6 Å². The van der Waals surface area contributed by atoms with Crippen LogP contribution in [0, 0.1) is 0 Å². The van der Waals surface area contributed by atoms with Gasteiger partial charge in [-0.2, -0.15) is 0 Å². The SMILES string of the molecule is CCOC(=O)CCCOc1cc(/C=C/C(=O)c2ccccc2)ncc1OCC.Cl. The van der Waals surface area contributed by atoms with Crippen molar-refractivity contribution in [2.24, 2.45) is 0 Å². The Morgan fingerprint density at radius 2 is 1.79 bits per heavy atom. The van der Waals surface area contributed by atoms with E-state index in [1.807, 2.05) is 25.1 Å². The number of aromatic nitrogens is 1. The number of hydrogen-bond donors (Lipinski definition) is 0. The van der Waals surface area contributed by atoms with E-state index in [-0.39, 0.29) is 24.2 Å². The summed E-state index contributed by atoms with van der Waals surface area (Å²) in [5.74, 6) is 0.694. The van der Waals surface area contributed by atoms with Crippen molar-refractivity contribution in [1.82, 2.24) is 4.98 Å². The lowest BCUT2D eigenvalue weighted by atomic mass is 10.1. The monoisotopic (exact) mass is 419 g/mol. The minimum absolute atomic E-state index is 0. The molecule has 0 spiro atoms. The van der Waals surface area contributed by atoms with E-state index in [0.29, 0.717) is 55.4 Å². The van der Waals surface area contributed by atoms with Gasteiger partial charge in [0, 0.05) is 18.1 Å². The van der Waals surface area contributed by atoms with Gasteiger partial charge in [0.2, 0.25) is 0 Å². The van der Waals surface area contributed by atoms with Crippen LogP contribution in [0.5, 0.6) is 11.5 Å². The van der Waals surface area contributed by atoms with Crippen LogP contribution in [0.3, 0.4) is 0 Å². The van der Waals surface area contributed by atoms with Crippen molar-refractivity contribution < 1.29 is 23.8 Å². The fourth-order valence-electron chi connectivity index (χ4n) is 2.40. The van der Waals surface area contributed by atoms with Crippen molar-refractivity contribution in [3.63, 3.8) is 0 Å². The second kappa shape index (κ2) is 13.3. The molecule has 0 aliphatic heterocycles. The number of carbonyl (C=O) groups is 2. The molecular weight excluding hydrogens is 394 g/mol. The summed E-state index contributed by atoms with van der Waals surface area (Å²) in [6.45, 7) is 4.83. The quantitative estimate of drug-likeness (QED) is 0.231. The maximum absolute atomic E-state index is 12.2. The third-order valence-electron chi connectivity index (χ3n) is 3.70. The molecule has 0 aliphatic carbocycles. The molecule has 6 nitrogen and oxygen atoms in total. The molecule has 0 unspecified atom stereocenters. The van der Waals surface area contributed by atoms with E-state index >= 15 is 0 Å². The Bertz CT molecular complexity index is 808. The molecule has 0 fully saturated rings. The lowest BCUT2D eigenvalue weighted by Gasteiger charge is -2.12. The van der Waals surface area contributed by atoms with Gasteiger partial charge in [0.25, 0.3) is 0 Å². The molecule has 0 saturated carbocycles. The normalized spacial score (nSPS) is 10.3. The summed E-state index contributed by atoms with van der Waals surface area (Å²) in [6.07, 6.45) is 5.50. The molecule has 0 N–H and O–H groups in total. The molecule has 7 heteroatoms. The number of ketones is 1. The van der Waals surface area contributed by atoms with Crippen LogP contribution >= 0.6 is 12.4 Å². The van der Waals surface area contributed by atoms with E-state index in [1.165, 1.54) is 6.08 Å². The molecule has 0 amide bonds. The Labute approximate surface area is 177 Å². The molecule has 1 heterocycles. The number of allylic oxidation sites excluding steroid dienone is 1. The zero-order chi connectivity index (χ0) is 20.2. The van der Waals surface area contributed by atoms with Crippen molar-refractivity contribution >= 4 is 30.2 Å². The molecule has 2 aromatic rings. The fourth-order valence-corrected chi connectivity index (χ4v) is 2.40. The van der Waals surface area contributed by atoms with E-state index in [4.69, 9.17) is 14.2 Å². The number of esters is 1. The van der Waals surface area contributed by atoms with Crippen molar-refractivity contribution in [3.05, 3.63) is 59.9 Å². The molecule has 2 rings (SSSR count). The maximum atomic E-state index is 12.2. The van der Waals surface area contributed by atoms with Crippen molar-refractivity contribution in [3.8, 4) is 11.5 Å². The Morgan fingerprint density at radius 1 is 1.03 bits per heavy atom. The number of rotatable bonds is 11. The minimum atomic E-state index is -0.242. The molecule has 0 radical (unpaired) electrons. The molecule has 1 aromatic heterocycles. The number of pyridine rings is 1. The summed E-state index contributed by atoms with van der Waals surface area (Å²) in [5.41, 5.74) is 1.19. The van der Waals surface area contributed by atoms with Crippen LogP contribution in [0.4, 0.5) is 0 Å². The van der Waals surface area contributed by atoms with Gasteiger partial charge in [0.1, 0.15) is 0 Å². The number of ether oxygens (including phenoxy) is 3. The van der Waals surface area contributed by atoms with Crippen LogP contribution in [-0.2, 0) is 9.53 Å². The number of halogens is 1. The first-order chi connectivity index (χ1) is 13.6. The highest BCUT2D eigenvalue weighted by molar-refractivity contribution is 6.06. The Balaban J connectivity index is 0.00000420. The smallest absolute Gasteiger partial charge is 0.305 e. The molecule has 0 atom stereocenters. The van der Waals surface area contributed by atoms with Crippen molar-refractivity contribution in [2.75, 3.05) is 19.8 Å². The topological polar surface area (TPSA) is 74.7 Å². The van der Waals surface area contributed by atoms with Gasteiger partial charge in [-0.1, -0.05) is 30.3 Å². The van der Waals surface area contributed by atoms with Crippen LogP contribution in [0.1, 0.15) is 42.7 Å². The highest BCUT2D eigenvalue weighted by atomic mass is 35.5. The number of hydrogen-bond acceptors (Lipinski definition) is 6. The van der Waals surface area contributed by atoms with Crippen LogP contribution in [0.2, 0.25) is 0 Å². The third kappa shape index (κ3) is 8.35. The van der Waals surface area contributed by atoms with Gasteiger partial charge in [-0.15, -0.1) is 12.4 Å². The Kier molecular flexibility index (Phi) is 11.1. The number of carbonyl (C=O) groups excluding carboxylic acids is 2. The van der Waals surface area contributed by atoms with Crippen molar-refractivity contribution in [2.45, 2.75) is 26.7 Å². The fraction of sp³-hybridized carbons (Fsp3) is 0.318. The van der Waals surface area contributed by atoms with Gasteiger partial charge < -0.3 is 14.2 Å². The lowest BCUT2D eigenvalue weighted by molar-refractivity contribution is -0.143. The summed E-state index contributed by atoms with van der Waals surface area (Å²) < 4.78 is 16.2. The van der Waals surface area contributed by atoms with E-state index in [2.05, 4.69) is 4.98 Å². The minimum Gasteiger partial charge on any atom is -0.490 e. The molecule has 0 bridgehead atoms. The molecule has 0 saturated heterocycles. The van der Waals surface area contributed by atoms with Gasteiger partial charge in [0.05, 0.1) is 31.7 Å². The van der Waals surface area contributed by atoms with Crippen LogP contribution in [-0.4, -0.2) is 36.6 Å². The maximum Gasteiger partial charge on any atom is 0.305 e. The standard InChI is InChI=1S/C22H25NO5.ClH/c1-3-26-21-16-23-18(12-13-19(24)17-9-6-5-7-10-17)15-20(21)28-14-8-11-22(25)27-4-2;/h5-7,9-10,12-13,15-16H,3-4,8,11,14H2,1-2H3;1H/b13-12+;. The number of nitrogens with zero attached hydrogens (tertiary/aromatic N) is 1. The second-order valence-electron chi connectivity index (χ2n) is 5.81. The Morgan fingerprint density at radius 3 is 2.48 bits per heavy atom. The predicted octanol–water partition coefficient (Wildman–Crippen LogP) is 4.52. The average Bonchev–Trinajstić information content (AvgIpc) is 2.72. The van der Waals surface area contributed by atoms with E-state index in [1.54, 1.807) is 37.4 Å². The lowest BCUT2D eigenvalue weighted by Crippen LogP contribution is -2.07.